The van der Waals surface area contributed by atoms with Crippen molar-refractivity contribution in [1.82, 2.24) is 20.1 Å². The summed E-state index contributed by atoms with van der Waals surface area (Å²) >= 11 is 3.40. The largest absolute Gasteiger partial charge is 0.489 e. The smallest absolute Gasteiger partial charge is 0.342 e. The number of pyridine rings is 1. The van der Waals surface area contributed by atoms with Gasteiger partial charge in [-0.2, -0.15) is 9.78 Å². The van der Waals surface area contributed by atoms with Gasteiger partial charge in [0, 0.05) is 36.5 Å². The standard InChI is InChI=1S/C20H18BrN5O3/c1-25-17-9-15(21)2-3-18(17)29-12-16(19(25)27)24-20(28)26-11-14(10-23-26)8-13-4-6-22-7-5-13/h2-7,9-11,16H,8,12H2,1H3,(H,24,28)/t16-/m0/s1. The Morgan fingerprint density at radius 2 is 2.07 bits per heavy atom. The number of fused-ring (bicyclic) bond motifs is 1. The van der Waals surface area contributed by atoms with E-state index in [4.69, 9.17) is 4.74 Å². The highest BCUT2D eigenvalue weighted by molar-refractivity contribution is 9.10. The van der Waals surface area contributed by atoms with Crippen LogP contribution in [0.4, 0.5) is 10.5 Å². The molecule has 0 spiro atoms. The molecule has 8 nitrogen and oxygen atoms in total. The zero-order valence-electron chi connectivity index (χ0n) is 15.6. The van der Waals surface area contributed by atoms with E-state index in [1.807, 2.05) is 18.2 Å². The highest BCUT2D eigenvalue weighted by Crippen LogP contribution is 2.33. The van der Waals surface area contributed by atoms with Crippen molar-refractivity contribution in [1.29, 1.82) is 0 Å². The van der Waals surface area contributed by atoms with Gasteiger partial charge in [-0.1, -0.05) is 15.9 Å². The zero-order valence-corrected chi connectivity index (χ0v) is 17.2. The van der Waals surface area contributed by atoms with E-state index in [0.717, 1.165) is 15.6 Å². The maximum Gasteiger partial charge on any atom is 0.342 e. The number of hydrogen-bond donors (Lipinski definition) is 1. The van der Waals surface area contributed by atoms with Crippen LogP contribution in [-0.4, -0.2) is 46.4 Å². The minimum atomic E-state index is -0.827. The highest BCUT2D eigenvalue weighted by atomic mass is 79.9. The number of halogens is 1. The van der Waals surface area contributed by atoms with Gasteiger partial charge in [-0.05, 0) is 41.5 Å². The van der Waals surface area contributed by atoms with Crippen LogP contribution in [0.15, 0.2) is 59.6 Å². The summed E-state index contributed by atoms with van der Waals surface area (Å²) in [5.41, 5.74) is 2.59. The number of anilines is 1. The van der Waals surface area contributed by atoms with E-state index in [0.29, 0.717) is 17.9 Å². The third kappa shape index (κ3) is 4.14. The molecule has 9 heteroatoms. The second-order valence-corrected chi connectivity index (χ2v) is 7.56. The lowest BCUT2D eigenvalue weighted by atomic mass is 10.1. The summed E-state index contributed by atoms with van der Waals surface area (Å²) in [4.78, 5) is 30.9. The summed E-state index contributed by atoms with van der Waals surface area (Å²) in [6.45, 7) is 0.0364. The first-order valence-electron chi connectivity index (χ1n) is 8.94. The van der Waals surface area contributed by atoms with Crippen molar-refractivity contribution in [2.75, 3.05) is 18.6 Å². The van der Waals surface area contributed by atoms with Crippen molar-refractivity contribution in [2.45, 2.75) is 12.5 Å². The minimum absolute atomic E-state index is 0.0364. The summed E-state index contributed by atoms with van der Waals surface area (Å²) in [5.74, 6) is 0.318. The lowest BCUT2D eigenvalue weighted by Gasteiger charge is -2.20. The number of amides is 2. The number of carbonyl (C=O) groups is 2. The van der Waals surface area contributed by atoms with Crippen molar-refractivity contribution in [2.24, 2.45) is 0 Å². The first kappa shape index (κ1) is 19.1. The van der Waals surface area contributed by atoms with Crippen LogP contribution >= 0.6 is 15.9 Å². The number of nitrogens with zero attached hydrogens (tertiary/aromatic N) is 4. The van der Waals surface area contributed by atoms with Crippen LogP contribution in [0.2, 0.25) is 0 Å². The molecule has 0 bridgehead atoms. The Balaban J connectivity index is 1.45. The van der Waals surface area contributed by atoms with Gasteiger partial charge in [0.1, 0.15) is 18.4 Å². The molecule has 1 aromatic carbocycles. The topological polar surface area (TPSA) is 89.4 Å². The molecule has 0 radical (unpaired) electrons. The molecule has 1 atom stereocenters. The van der Waals surface area contributed by atoms with E-state index in [-0.39, 0.29) is 12.5 Å². The molecule has 2 aromatic heterocycles. The van der Waals surface area contributed by atoms with Crippen LogP contribution in [0.5, 0.6) is 5.75 Å². The average Bonchev–Trinajstić information content (AvgIpc) is 3.16. The number of aromatic nitrogens is 3. The Labute approximate surface area is 175 Å². The average molecular weight is 456 g/mol. The number of hydrogen-bond acceptors (Lipinski definition) is 5. The van der Waals surface area contributed by atoms with Gasteiger partial charge >= 0.3 is 6.03 Å². The normalized spacial score (nSPS) is 16.0. The summed E-state index contributed by atoms with van der Waals surface area (Å²) in [5, 5.41) is 6.82. The second kappa shape index (κ2) is 8.04. The number of benzene rings is 1. The van der Waals surface area contributed by atoms with E-state index in [1.54, 1.807) is 44.0 Å². The number of likely N-dealkylation sites (N-methyl/N-ethyl adjacent to an activating group) is 1. The molecule has 1 aliphatic rings. The molecule has 3 heterocycles. The van der Waals surface area contributed by atoms with Gasteiger partial charge in [-0.15, -0.1) is 0 Å². The van der Waals surface area contributed by atoms with Gasteiger partial charge in [0.15, 0.2) is 0 Å². The third-order valence-corrected chi connectivity index (χ3v) is 5.11. The Kier molecular flexibility index (Phi) is 5.30. The van der Waals surface area contributed by atoms with Gasteiger partial charge in [-0.25, -0.2) is 4.79 Å². The van der Waals surface area contributed by atoms with E-state index in [2.05, 4.69) is 31.3 Å². The van der Waals surface area contributed by atoms with E-state index >= 15 is 0 Å². The lowest BCUT2D eigenvalue weighted by Crippen LogP contribution is -2.50. The monoisotopic (exact) mass is 455 g/mol. The fourth-order valence-corrected chi connectivity index (χ4v) is 3.44. The Hall–Kier alpha value is -3.20. The van der Waals surface area contributed by atoms with E-state index in [9.17, 15) is 9.59 Å². The van der Waals surface area contributed by atoms with Crippen LogP contribution < -0.4 is 15.0 Å². The highest BCUT2D eigenvalue weighted by Gasteiger charge is 2.31. The molecule has 4 rings (SSSR count). The summed E-state index contributed by atoms with van der Waals surface area (Å²) in [6.07, 6.45) is 7.35. The number of rotatable bonds is 3. The molecule has 3 aromatic rings. The van der Waals surface area contributed by atoms with Gasteiger partial charge < -0.3 is 15.0 Å². The lowest BCUT2D eigenvalue weighted by molar-refractivity contribution is -0.120. The molecule has 148 valence electrons. The Bertz CT molecular complexity index is 1050. The summed E-state index contributed by atoms with van der Waals surface area (Å²) < 4.78 is 7.77. The summed E-state index contributed by atoms with van der Waals surface area (Å²) in [6, 6.07) is 7.92. The van der Waals surface area contributed by atoms with Crippen LogP contribution in [0, 0.1) is 0 Å². The number of carbonyl (C=O) groups excluding carboxylic acids is 2. The molecular weight excluding hydrogens is 438 g/mol. The molecule has 1 aliphatic heterocycles. The van der Waals surface area contributed by atoms with Crippen LogP contribution in [0.25, 0.3) is 0 Å². The van der Waals surface area contributed by atoms with Gasteiger partial charge in [0.2, 0.25) is 0 Å². The number of ether oxygens (including phenoxy) is 1. The molecule has 0 unspecified atom stereocenters. The van der Waals surface area contributed by atoms with Crippen molar-refractivity contribution in [3.8, 4) is 5.75 Å². The first-order chi connectivity index (χ1) is 14.0. The van der Waals surface area contributed by atoms with Gasteiger partial charge in [0.05, 0.1) is 11.9 Å². The molecule has 0 fully saturated rings. The van der Waals surface area contributed by atoms with Crippen molar-refractivity contribution >= 4 is 33.6 Å². The molecule has 2 amide bonds. The Morgan fingerprint density at radius 3 is 2.86 bits per heavy atom. The summed E-state index contributed by atoms with van der Waals surface area (Å²) in [7, 11) is 1.65. The molecule has 1 N–H and O–H groups in total. The Morgan fingerprint density at radius 1 is 1.28 bits per heavy atom. The predicted molar refractivity (Wildman–Crippen MR) is 110 cm³/mol. The first-order valence-corrected chi connectivity index (χ1v) is 9.74. The molecule has 0 saturated carbocycles. The maximum absolute atomic E-state index is 12.8. The van der Waals surface area contributed by atoms with Gasteiger partial charge in [-0.3, -0.25) is 9.78 Å². The maximum atomic E-state index is 12.8. The minimum Gasteiger partial charge on any atom is -0.489 e. The van der Waals surface area contributed by atoms with Crippen LogP contribution in [0.1, 0.15) is 11.1 Å². The molecular formula is C20H18BrN5O3. The van der Waals surface area contributed by atoms with E-state index in [1.165, 1.54) is 9.58 Å². The molecule has 29 heavy (non-hydrogen) atoms. The zero-order chi connectivity index (χ0) is 20.4. The fraction of sp³-hybridized carbons (Fsp3) is 0.200. The van der Waals surface area contributed by atoms with E-state index < -0.39 is 12.1 Å². The predicted octanol–water partition coefficient (Wildman–Crippen LogP) is 2.61. The van der Waals surface area contributed by atoms with Crippen molar-refractivity contribution in [3.05, 3.63) is 70.7 Å². The third-order valence-electron chi connectivity index (χ3n) is 4.62. The fourth-order valence-electron chi connectivity index (χ4n) is 3.09. The molecule has 0 saturated heterocycles. The van der Waals surface area contributed by atoms with Crippen LogP contribution in [0.3, 0.4) is 0 Å². The SMILES string of the molecule is CN1C(=O)[C@@H](NC(=O)n2cc(Cc3ccncc3)cn2)COc2ccc(Br)cc21. The van der Waals surface area contributed by atoms with Crippen LogP contribution in [-0.2, 0) is 11.2 Å². The second-order valence-electron chi connectivity index (χ2n) is 6.65. The quantitative estimate of drug-likeness (QED) is 0.655. The van der Waals surface area contributed by atoms with Crippen molar-refractivity contribution < 1.29 is 14.3 Å². The van der Waals surface area contributed by atoms with Crippen molar-refractivity contribution in [3.63, 3.8) is 0 Å². The number of nitrogens with one attached hydrogen (secondary N) is 1. The molecule has 0 aliphatic carbocycles. The van der Waals surface area contributed by atoms with Gasteiger partial charge in [0.25, 0.3) is 5.91 Å².